The third kappa shape index (κ3) is 3.32. The van der Waals surface area contributed by atoms with Crippen molar-refractivity contribution >= 4 is 11.6 Å². The molecule has 1 aromatic heterocycles. The molecule has 6 nitrogen and oxygen atoms in total. The number of aromatic nitrogens is 2. The third-order valence-electron chi connectivity index (χ3n) is 4.45. The minimum absolute atomic E-state index is 0.124. The van der Waals surface area contributed by atoms with Gasteiger partial charge in [-0.25, -0.2) is 9.37 Å². The van der Waals surface area contributed by atoms with Crippen LogP contribution in [0.1, 0.15) is 12.8 Å². The van der Waals surface area contributed by atoms with Gasteiger partial charge in [-0.15, -0.1) is 0 Å². The number of hydrogen-bond donors (Lipinski definition) is 2. The summed E-state index contributed by atoms with van der Waals surface area (Å²) in [4.78, 5) is 16.7. The fraction of sp³-hybridized carbons (Fsp3) is 0.412. The number of methoxy groups -OCH3 is 1. The highest BCUT2D eigenvalue weighted by Crippen LogP contribution is 2.31. The van der Waals surface area contributed by atoms with Crippen molar-refractivity contribution in [2.45, 2.75) is 12.8 Å². The maximum atomic E-state index is 14.3. The quantitative estimate of drug-likeness (QED) is 0.878. The van der Waals surface area contributed by atoms with E-state index in [9.17, 15) is 9.18 Å². The summed E-state index contributed by atoms with van der Waals surface area (Å²) >= 11 is 0. The van der Waals surface area contributed by atoms with Crippen LogP contribution in [0.4, 0.5) is 10.1 Å². The minimum atomic E-state index is -0.570. The molecule has 7 heteroatoms. The molecule has 2 heterocycles. The molecule has 2 aromatic rings. The first-order valence-electron chi connectivity index (χ1n) is 7.94. The van der Waals surface area contributed by atoms with E-state index in [0.29, 0.717) is 30.8 Å². The van der Waals surface area contributed by atoms with Gasteiger partial charge in [0, 0.05) is 25.2 Å². The highest BCUT2D eigenvalue weighted by atomic mass is 19.1. The molecule has 0 radical (unpaired) electrons. The van der Waals surface area contributed by atoms with Gasteiger partial charge in [-0.3, -0.25) is 4.79 Å². The lowest BCUT2D eigenvalue weighted by molar-refractivity contribution is -0.130. The second kappa shape index (κ2) is 7.11. The molecule has 0 unspecified atom stereocenters. The first-order chi connectivity index (χ1) is 11.6. The number of benzene rings is 1. The third-order valence-corrected chi connectivity index (χ3v) is 4.45. The van der Waals surface area contributed by atoms with E-state index in [2.05, 4.69) is 15.6 Å². The first-order valence-corrected chi connectivity index (χ1v) is 7.94. The Morgan fingerprint density at radius 3 is 2.88 bits per heavy atom. The Balaban J connectivity index is 1.77. The van der Waals surface area contributed by atoms with Gasteiger partial charge < -0.3 is 19.9 Å². The molecule has 128 valence electrons. The van der Waals surface area contributed by atoms with Crippen LogP contribution < -0.4 is 10.6 Å². The normalized spacial score (nSPS) is 16.8. The van der Waals surface area contributed by atoms with Gasteiger partial charge in [0.25, 0.3) is 0 Å². The number of anilines is 1. The van der Waals surface area contributed by atoms with Gasteiger partial charge >= 0.3 is 0 Å². The number of nitrogens with one attached hydrogen (secondary N) is 2. The smallest absolute Gasteiger partial charge is 0.233 e. The van der Waals surface area contributed by atoms with Crippen LogP contribution in [0.5, 0.6) is 0 Å². The number of carbonyl (C=O) groups excluding carboxylic acids is 1. The van der Waals surface area contributed by atoms with Crippen molar-refractivity contribution in [3.8, 4) is 5.69 Å². The minimum Gasteiger partial charge on any atom is -0.384 e. The van der Waals surface area contributed by atoms with Gasteiger partial charge in [-0.05, 0) is 44.1 Å². The number of piperidine rings is 1. The van der Waals surface area contributed by atoms with Gasteiger partial charge in [-0.2, -0.15) is 0 Å². The average molecular weight is 332 g/mol. The van der Waals surface area contributed by atoms with Crippen LogP contribution in [0.25, 0.3) is 5.69 Å². The number of rotatable bonds is 5. The number of imidazole rings is 1. The van der Waals surface area contributed by atoms with Crippen molar-refractivity contribution in [3.63, 3.8) is 0 Å². The lowest BCUT2D eigenvalue weighted by Crippen LogP contribution is -2.47. The predicted molar refractivity (Wildman–Crippen MR) is 88.6 cm³/mol. The van der Waals surface area contributed by atoms with Gasteiger partial charge in [0.05, 0.1) is 24.0 Å². The van der Waals surface area contributed by atoms with E-state index in [-0.39, 0.29) is 5.91 Å². The van der Waals surface area contributed by atoms with Gasteiger partial charge in [0.2, 0.25) is 5.91 Å². The van der Waals surface area contributed by atoms with Crippen molar-refractivity contribution in [1.29, 1.82) is 0 Å². The molecule has 1 aliphatic rings. The van der Waals surface area contributed by atoms with Crippen LogP contribution in [-0.4, -0.2) is 42.3 Å². The summed E-state index contributed by atoms with van der Waals surface area (Å²) in [6.45, 7) is 1.89. The van der Waals surface area contributed by atoms with Crippen LogP contribution in [0.3, 0.4) is 0 Å². The average Bonchev–Trinajstić information content (AvgIpc) is 3.10. The molecule has 3 rings (SSSR count). The topological polar surface area (TPSA) is 68.2 Å². The van der Waals surface area contributed by atoms with Gasteiger partial charge in [0.1, 0.15) is 5.82 Å². The van der Waals surface area contributed by atoms with E-state index in [1.807, 2.05) is 0 Å². The second-order valence-corrected chi connectivity index (χ2v) is 6.05. The standard InChI is InChI=1S/C17H21FN4O2/c1-24-11-17(4-6-19-7-5-17)16(23)21-13-2-3-15(14(18)10-13)22-9-8-20-12-22/h2-3,8-10,12,19H,4-7,11H2,1H3,(H,21,23). The number of hydrogen-bond acceptors (Lipinski definition) is 4. The molecule has 1 amide bonds. The Morgan fingerprint density at radius 2 is 2.25 bits per heavy atom. The molecule has 0 spiro atoms. The van der Waals surface area contributed by atoms with Crippen molar-refractivity contribution in [2.75, 3.05) is 32.1 Å². The van der Waals surface area contributed by atoms with Crippen LogP contribution in [0, 0.1) is 11.2 Å². The van der Waals surface area contributed by atoms with Crippen LogP contribution in [0.2, 0.25) is 0 Å². The summed E-state index contributed by atoms with van der Waals surface area (Å²) in [6, 6.07) is 4.64. The Bertz CT molecular complexity index is 691. The Kier molecular flexibility index (Phi) is 4.92. The van der Waals surface area contributed by atoms with E-state index in [4.69, 9.17) is 4.74 Å². The number of halogens is 1. The second-order valence-electron chi connectivity index (χ2n) is 6.05. The van der Waals surface area contributed by atoms with Crippen LogP contribution in [-0.2, 0) is 9.53 Å². The van der Waals surface area contributed by atoms with Crippen molar-refractivity contribution in [2.24, 2.45) is 5.41 Å². The van der Waals surface area contributed by atoms with Gasteiger partial charge in [-0.1, -0.05) is 0 Å². The van der Waals surface area contributed by atoms with E-state index >= 15 is 0 Å². The molecular weight excluding hydrogens is 311 g/mol. The van der Waals surface area contributed by atoms with Gasteiger partial charge in [0.15, 0.2) is 0 Å². The lowest BCUT2D eigenvalue weighted by Gasteiger charge is -2.35. The molecule has 0 aliphatic carbocycles. The highest BCUT2D eigenvalue weighted by molar-refractivity contribution is 5.95. The molecule has 1 saturated heterocycles. The van der Waals surface area contributed by atoms with E-state index in [0.717, 1.165) is 13.1 Å². The Labute approximate surface area is 140 Å². The largest absolute Gasteiger partial charge is 0.384 e. The zero-order valence-corrected chi connectivity index (χ0v) is 13.6. The molecule has 0 bridgehead atoms. The summed E-state index contributed by atoms with van der Waals surface area (Å²) in [5.74, 6) is -0.544. The lowest BCUT2D eigenvalue weighted by atomic mass is 9.78. The van der Waals surface area contributed by atoms with Crippen molar-refractivity contribution < 1.29 is 13.9 Å². The highest BCUT2D eigenvalue weighted by Gasteiger charge is 2.39. The monoisotopic (exact) mass is 332 g/mol. The number of ether oxygens (including phenoxy) is 1. The summed E-state index contributed by atoms with van der Waals surface area (Å²) in [7, 11) is 1.59. The Hall–Kier alpha value is -2.25. The molecule has 0 atom stereocenters. The summed E-state index contributed by atoms with van der Waals surface area (Å²) < 4.78 is 21.2. The molecule has 1 aromatic carbocycles. The molecule has 24 heavy (non-hydrogen) atoms. The summed E-state index contributed by atoms with van der Waals surface area (Å²) in [5, 5.41) is 6.08. The SMILES string of the molecule is COCC1(C(=O)Nc2ccc(-n3ccnc3)c(F)c2)CCNCC1. The van der Waals surface area contributed by atoms with Crippen LogP contribution >= 0.6 is 0 Å². The molecule has 1 fully saturated rings. The first kappa shape index (κ1) is 16.6. The molecular formula is C17H21FN4O2. The number of carbonyl (C=O) groups is 1. The summed E-state index contributed by atoms with van der Waals surface area (Å²) in [6.07, 6.45) is 6.17. The molecule has 1 aliphatic heterocycles. The maximum absolute atomic E-state index is 14.3. The maximum Gasteiger partial charge on any atom is 0.233 e. The fourth-order valence-electron chi connectivity index (χ4n) is 3.08. The number of nitrogens with zero attached hydrogens (tertiary/aromatic N) is 2. The van der Waals surface area contributed by atoms with E-state index in [1.54, 1.807) is 36.2 Å². The Morgan fingerprint density at radius 1 is 1.46 bits per heavy atom. The van der Waals surface area contributed by atoms with Crippen molar-refractivity contribution in [3.05, 3.63) is 42.7 Å². The zero-order chi connectivity index (χ0) is 17.0. The fourth-order valence-corrected chi connectivity index (χ4v) is 3.08. The predicted octanol–water partition coefficient (Wildman–Crippen LogP) is 1.97. The van der Waals surface area contributed by atoms with E-state index < -0.39 is 11.2 Å². The van der Waals surface area contributed by atoms with Crippen LogP contribution in [0.15, 0.2) is 36.9 Å². The summed E-state index contributed by atoms with van der Waals surface area (Å²) in [5.41, 5.74) is 0.258. The zero-order valence-electron chi connectivity index (χ0n) is 13.6. The molecule has 0 saturated carbocycles. The number of amides is 1. The molecule has 2 N–H and O–H groups in total. The van der Waals surface area contributed by atoms with E-state index in [1.165, 1.54) is 12.4 Å². The van der Waals surface area contributed by atoms with Crippen molar-refractivity contribution in [1.82, 2.24) is 14.9 Å².